The number of carboxylic acids is 1. The van der Waals surface area contributed by atoms with Crippen molar-refractivity contribution in [3.05, 3.63) is 89.7 Å². The summed E-state index contributed by atoms with van der Waals surface area (Å²) in [4.78, 5) is 13.3. The Morgan fingerprint density at radius 3 is 2.43 bits per heavy atom. The Morgan fingerprint density at radius 1 is 1.02 bits per heavy atom. The van der Waals surface area contributed by atoms with Crippen molar-refractivity contribution in [3.63, 3.8) is 0 Å². The summed E-state index contributed by atoms with van der Waals surface area (Å²) in [5.74, 6) is -0.232. The highest BCUT2D eigenvalue weighted by molar-refractivity contribution is 7.94. The maximum absolute atomic E-state index is 12.0. The van der Waals surface area contributed by atoms with Gasteiger partial charge in [0.15, 0.2) is 5.71 Å². The van der Waals surface area contributed by atoms with Gasteiger partial charge in [0.1, 0.15) is 6.54 Å². The summed E-state index contributed by atoms with van der Waals surface area (Å²) in [5.41, 5.74) is 5.23. The van der Waals surface area contributed by atoms with Crippen LogP contribution >= 0.6 is 12.0 Å². The number of allylic oxidation sites excluding steroid dienone is 6. The van der Waals surface area contributed by atoms with Gasteiger partial charge in [-0.15, -0.1) is 4.33 Å². The van der Waals surface area contributed by atoms with Crippen molar-refractivity contribution in [2.24, 2.45) is 0 Å². The third kappa shape index (κ3) is 7.32. The highest BCUT2D eigenvalue weighted by Crippen LogP contribution is 2.51. The number of anilines is 1. The van der Waals surface area contributed by atoms with E-state index in [0.29, 0.717) is 25.1 Å². The van der Waals surface area contributed by atoms with E-state index in [0.717, 1.165) is 48.4 Å². The Bertz CT molecular complexity index is 1670. The van der Waals surface area contributed by atoms with Crippen LogP contribution in [-0.4, -0.2) is 58.4 Å². The van der Waals surface area contributed by atoms with E-state index < -0.39 is 21.5 Å². The number of nitrogens with zero attached hydrogens (tertiary/aromatic N) is 2. The maximum Gasteiger partial charge on any atom is 0.303 e. The number of carbonyl (C=O) groups is 1. The first-order chi connectivity index (χ1) is 21.9. The van der Waals surface area contributed by atoms with E-state index in [9.17, 15) is 22.9 Å². The summed E-state index contributed by atoms with van der Waals surface area (Å²) >= 11 is 1.06. The minimum atomic E-state index is -4.41. The van der Waals surface area contributed by atoms with Gasteiger partial charge in [-0.25, -0.2) is 5.26 Å². The summed E-state index contributed by atoms with van der Waals surface area (Å²) in [6.07, 6.45) is 12.7. The summed E-state index contributed by atoms with van der Waals surface area (Å²) in [6, 6.07) is 13.0. The molecule has 3 N–H and O–H groups in total. The molecule has 0 aromatic heterocycles. The van der Waals surface area contributed by atoms with Crippen LogP contribution in [0.5, 0.6) is 0 Å². The predicted octanol–water partition coefficient (Wildman–Crippen LogP) is 7.21. The highest BCUT2D eigenvalue weighted by Gasteiger charge is 2.47. The molecule has 0 aliphatic carbocycles. The Hall–Kier alpha value is -3.26. The number of fused-ring (bicyclic) bond motifs is 2. The van der Waals surface area contributed by atoms with E-state index in [4.69, 9.17) is 5.26 Å². The topological polar surface area (TPSA) is 137 Å². The van der Waals surface area contributed by atoms with Crippen LogP contribution in [0.25, 0.3) is 0 Å². The maximum atomic E-state index is 12.0. The largest absolute Gasteiger partial charge is 0.481 e. The number of carboxylic acid groups (broad SMARTS) is 1. The van der Waals surface area contributed by atoms with Gasteiger partial charge in [-0.1, -0.05) is 41.5 Å². The molecule has 248 valence electrons. The molecule has 0 bridgehead atoms. The van der Waals surface area contributed by atoms with Crippen molar-refractivity contribution in [2.75, 3.05) is 23.7 Å². The molecule has 0 fully saturated rings. The summed E-state index contributed by atoms with van der Waals surface area (Å²) in [5, 5.41) is 21.5. The smallest absolute Gasteiger partial charge is 0.303 e. The third-order valence-electron chi connectivity index (χ3n) is 9.07. The normalized spacial score (nSPS) is 22.0. The standard InChI is InChI=1S/C34H42N2O8S2/c1-5-35-28-15-11-10-14-26(28)33(3,22-13-23-45-44-43-39)30(35)16-8-7-9-17-31-34(4,21-12-18-32(37)38)27-24-25(46(40,41)42)19-20-29(27)36(31)6-2/h7-11,14-17,19-20,24H,5-6,12-13,18,21-23H2,1-4H3,(H2-,37,38,39,40,41,42)/p+1. The average molecular weight is 672 g/mol. The minimum Gasteiger partial charge on any atom is -0.481 e. The second kappa shape index (κ2) is 15.1. The second-order valence-corrected chi connectivity index (χ2v) is 14.0. The fraction of sp³-hybridized carbons (Fsp3) is 0.412. The van der Waals surface area contributed by atoms with E-state index in [1.54, 1.807) is 6.07 Å². The third-order valence-corrected chi connectivity index (χ3v) is 10.5. The number of rotatable bonds is 16. The van der Waals surface area contributed by atoms with Crippen LogP contribution in [0.15, 0.2) is 83.4 Å². The van der Waals surface area contributed by atoms with Crippen LogP contribution in [-0.2, 0) is 35.1 Å². The van der Waals surface area contributed by atoms with Crippen molar-refractivity contribution in [2.45, 2.75) is 75.5 Å². The van der Waals surface area contributed by atoms with Gasteiger partial charge in [0.05, 0.1) is 10.3 Å². The van der Waals surface area contributed by atoms with Gasteiger partial charge in [-0.2, -0.15) is 13.0 Å². The molecule has 2 atom stereocenters. The summed E-state index contributed by atoms with van der Waals surface area (Å²) < 4.78 is 40.7. The SMILES string of the molecule is CCN1/C(=C/C=C/C=C/C2=[N+](CC)c3ccccc3C2(C)CCCSOOO)C(C)(CCCC(=O)O)c2cc(S(=O)(=O)O)ccc21. The van der Waals surface area contributed by atoms with E-state index in [-0.39, 0.29) is 16.7 Å². The molecule has 0 spiro atoms. The number of aliphatic carboxylic acids is 1. The molecule has 4 rings (SSSR count). The van der Waals surface area contributed by atoms with E-state index in [1.165, 1.54) is 29.1 Å². The number of likely N-dealkylation sites (N-methyl/N-ethyl adjacent to an activating group) is 1. The fourth-order valence-electron chi connectivity index (χ4n) is 6.91. The van der Waals surface area contributed by atoms with Gasteiger partial charge >= 0.3 is 5.97 Å². The van der Waals surface area contributed by atoms with Crippen molar-refractivity contribution in [3.8, 4) is 0 Å². The van der Waals surface area contributed by atoms with Gasteiger partial charge in [-0.3, -0.25) is 9.35 Å². The number of hydrogen-bond donors (Lipinski definition) is 3. The lowest BCUT2D eigenvalue weighted by atomic mass is 9.76. The zero-order chi connectivity index (χ0) is 33.5. The monoisotopic (exact) mass is 671 g/mol. The fourth-order valence-corrected chi connectivity index (χ4v) is 7.79. The van der Waals surface area contributed by atoms with E-state index in [1.807, 2.05) is 38.2 Å². The molecule has 2 aromatic rings. The molecule has 10 nitrogen and oxygen atoms in total. The van der Waals surface area contributed by atoms with Crippen LogP contribution in [0.4, 0.5) is 11.4 Å². The van der Waals surface area contributed by atoms with Gasteiger partial charge < -0.3 is 10.0 Å². The van der Waals surface area contributed by atoms with E-state index in [2.05, 4.69) is 63.0 Å². The molecular formula is C34H43N2O8S2+. The number of para-hydroxylation sites is 1. The van der Waals surface area contributed by atoms with Crippen LogP contribution in [0.3, 0.4) is 0 Å². The molecule has 2 aliphatic heterocycles. The molecule has 2 unspecified atom stereocenters. The number of hydrogen-bond acceptors (Lipinski definition) is 8. The quantitative estimate of drug-likeness (QED) is 0.0319. The Kier molecular flexibility index (Phi) is 11.7. The molecule has 0 radical (unpaired) electrons. The van der Waals surface area contributed by atoms with Crippen molar-refractivity contribution in [1.82, 2.24) is 0 Å². The van der Waals surface area contributed by atoms with E-state index >= 15 is 0 Å². The molecule has 0 amide bonds. The lowest BCUT2D eigenvalue weighted by Crippen LogP contribution is -2.31. The molecule has 0 saturated carbocycles. The van der Waals surface area contributed by atoms with Crippen molar-refractivity contribution >= 4 is 45.2 Å². The van der Waals surface area contributed by atoms with Gasteiger partial charge in [0, 0.05) is 65.3 Å². The van der Waals surface area contributed by atoms with Crippen LogP contribution in [0, 0.1) is 0 Å². The molecule has 12 heteroatoms. The number of benzene rings is 2. The summed E-state index contributed by atoms with van der Waals surface area (Å²) in [6.45, 7) is 9.82. The first-order valence-corrected chi connectivity index (χ1v) is 17.8. The van der Waals surface area contributed by atoms with Gasteiger partial charge in [0.2, 0.25) is 5.69 Å². The first-order valence-electron chi connectivity index (χ1n) is 15.4. The molecule has 2 aromatic carbocycles. The minimum absolute atomic E-state index is 0.00445. The first kappa shape index (κ1) is 35.6. The Balaban J connectivity index is 1.67. The van der Waals surface area contributed by atoms with Gasteiger partial charge in [0.25, 0.3) is 10.1 Å². The zero-order valence-electron chi connectivity index (χ0n) is 26.7. The molecule has 2 heterocycles. The van der Waals surface area contributed by atoms with Crippen LogP contribution in [0.2, 0.25) is 0 Å². The molecule has 46 heavy (non-hydrogen) atoms. The Labute approximate surface area is 275 Å². The lowest BCUT2D eigenvalue weighted by molar-refractivity contribution is -0.433. The van der Waals surface area contributed by atoms with Crippen molar-refractivity contribution in [1.29, 1.82) is 0 Å². The van der Waals surface area contributed by atoms with Crippen molar-refractivity contribution < 1.29 is 42.1 Å². The van der Waals surface area contributed by atoms with Gasteiger partial charge in [-0.05, 0) is 83.2 Å². The second-order valence-electron chi connectivity index (χ2n) is 11.8. The van der Waals surface area contributed by atoms with Crippen LogP contribution < -0.4 is 4.90 Å². The molecule has 2 aliphatic rings. The molecule has 0 saturated heterocycles. The average Bonchev–Trinajstić information content (AvgIpc) is 3.40. The highest BCUT2D eigenvalue weighted by atomic mass is 32.2. The lowest BCUT2D eigenvalue weighted by Gasteiger charge is -2.30. The Morgan fingerprint density at radius 2 is 1.76 bits per heavy atom. The summed E-state index contributed by atoms with van der Waals surface area (Å²) in [7, 11) is -4.41. The predicted molar refractivity (Wildman–Crippen MR) is 180 cm³/mol. The molecular weight excluding hydrogens is 629 g/mol. The van der Waals surface area contributed by atoms with Crippen LogP contribution in [0.1, 0.15) is 70.9 Å². The zero-order valence-corrected chi connectivity index (χ0v) is 28.3.